The summed E-state index contributed by atoms with van der Waals surface area (Å²) in [6.45, 7) is 7.00. The van der Waals surface area contributed by atoms with Gasteiger partial charge in [0.2, 0.25) is 0 Å². The van der Waals surface area contributed by atoms with Crippen LogP contribution in [-0.4, -0.2) is 42.0 Å². The Morgan fingerprint density at radius 1 is 1.11 bits per heavy atom. The van der Waals surface area contributed by atoms with Crippen LogP contribution in [-0.2, 0) is 0 Å². The molecular weight excluding hydrogens is 385 g/mol. The van der Waals surface area contributed by atoms with E-state index in [1.54, 1.807) is 23.1 Å². The molecule has 0 aliphatic rings. The van der Waals surface area contributed by atoms with Crippen molar-refractivity contribution < 1.29 is 9.18 Å². The van der Waals surface area contributed by atoms with Crippen LogP contribution in [0.15, 0.2) is 42.5 Å². The third kappa shape index (κ3) is 4.29. The van der Waals surface area contributed by atoms with Crippen molar-refractivity contribution in [2.75, 3.05) is 31.1 Å². The van der Waals surface area contributed by atoms with Crippen molar-refractivity contribution in [2.24, 2.45) is 0 Å². The Morgan fingerprint density at radius 2 is 1.85 bits per heavy atom. The summed E-state index contributed by atoms with van der Waals surface area (Å²) in [5.41, 5.74) is 0.704. The molecule has 0 atom stereocenters. The van der Waals surface area contributed by atoms with Crippen molar-refractivity contribution in [1.82, 2.24) is 9.88 Å². The van der Waals surface area contributed by atoms with Crippen LogP contribution in [0.5, 0.6) is 0 Å². The van der Waals surface area contributed by atoms with E-state index in [0.29, 0.717) is 28.8 Å². The van der Waals surface area contributed by atoms with Gasteiger partial charge < -0.3 is 4.90 Å². The monoisotopic (exact) mass is 405 g/mol. The summed E-state index contributed by atoms with van der Waals surface area (Å²) in [4.78, 5) is 21.5. The molecule has 7 heteroatoms. The van der Waals surface area contributed by atoms with Gasteiger partial charge in [-0.25, -0.2) is 9.37 Å². The SMILES string of the molecule is CCN(CC)CCN(C(=O)c1ccccc1F)c1nc2c(Cl)cccc2s1. The minimum absolute atomic E-state index is 0.0439. The van der Waals surface area contributed by atoms with Crippen LogP contribution in [0.1, 0.15) is 24.2 Å². The lowest BCUT2D eigenvalue weighted by atomic mass is 10.2. The van der Waals surface area contributed by atoms with Gasteiger partial charge in [-0.3, -0.25) is 9.69 Å². The molecule has 1 amide bonds. The number of benzene rings is 2. The number of halogens is 2. The largest absolute Gasteiger partial charge is 0.302 e. The quantitative estimate of drug-likeness (QED) is 0.550. The molecule has 27 heavy (non-hydrogen) atoms. The fourth-order valence-electron chi connectivity index (χ4n) is 2.86. The van der Waals surface area contributed by atoms with Crippen LogP contribution in [0.3, 0.4) is 0 Å². The van der Waals surface area contributed by atoms with Gasteiger partial charge in [-0.2, -0.15) is 0 Å². The molecule has 1 heterocycles. The predicted octanol–water partition coefficient (Wildman–Crippen LogP) is 5.08. The maximum absolute atomic E-state index is 14.2. The normalized spacial score (nSPS) is 11.3. The second kappa shape index (κ2) is 8.78. The van der Waals surface area contributed by atoms with Crippen LogP contribution in [0.2, 0.25) is 5.02 Å². The lowest BCUT2D eigenvalue weighted by Gasteiger charge is -2.24. The number of fused-ring (bicyclic) bond motifs is 1. The highest BCUT2D eigenvalue weighted by Gasteiger charge is 2.24. The van der Waals surface area contributed by atoms with E-state index >= 15 is 0 Å². The lowest BCUT2D eigenvalue weighted by molar-refractivity contribution is 0.0980. The summed E-state index contributed by atoms with van der Waals surface area (Å²) in [5, 5.41) is 1.07. The van der Waals surface area contributed by atoms with Crippen LogP contribution in [0, 0.1) is 5.82 Å². The van der Waals surface area contributed by atoms with Crippen molar-refractivity contribution in [3.8, 4) is 0 Å². The number of rotatable bonds is 7. The van der Waals surface area contributed by atoms with Crippen molar-refractivity contribution in [1.29, 1.82) is 0 Å². The molecule has 0 fully saturated rings. The highest BCUT2D eigenvalue weighted by Crippen LogP contribution is 2.33. The van der Waals surface area contributed by atoms with Crippen LogP contribution >= 0.6 is 22.9 Å². The summed E-state index contributed by atoms with van der Waals surface area (Å²) in [7, 11) is 0. The Bertz CT molecular complexity index is 942. The first-order valence-corrected chi connectivity index (χ1v) is 10.1. The van der Waals surface area contributed by atoms with Gasteiger partial charge in [-0.1, -0.05) is 55.0 Å². The number of amides is 1. The lowest BCUT2D eigenvalue weighted by Crippen LogP contribution is -2.39. The van der Waals surface area contributed by atoms with E-state index in [9.17, 15) is 9.18 Å². The van der Waals surface area contributed by atoms with Gasteiger partial charge in [0.25, 0.3) is 5.91 Å². The zero-order valence-corrected chi connectivity index (χ0v) is 16.9. The van der Waals surface area contributed by atoms with Crippen molar-refractivity contribution >= 4 is 44.2 Å². The van der Waals surface area contributed by atoms with Crippen LogP contribution < -0.4 is 4.90 Å². The van der Waals surface area contributed by atoms with Gasteiger partial charge in [0, 0.05) is 13.1 Å². The third-order valence-corrected chi connectivity index (χ3v) is 5.82. The van der Waals surface area contributed by atoms with Gasteiger partial charge in [0.05, 0.1) is 15.3 Å². The van der Waals surface area contributed by atoms with E-state index in [0.717, 1.165) is 17.8 Å². The van der Waals surface area contributed by atoms with Crippen LogP contribution in [0.25, 0.3) is 10.2 Å². The van der Waals surface area contributed by atoms with Gasteiger partial charge in [0.15, 0.2) is 5.13 Å². The first-order chi connectivity index (χ1) is 13.0. The summed E-state index contributed by atoms with van der Waals surface area (Å²) < 4.78 is 15.1. The molecule has 0 aliphatic carbocycles. The van der Waals surface area contributed by atoms with E-state index in [-0.39, 0.29) is 5.56 Å². The number of carbonyl (C=O) groups excluding carboxylic acids is 1. The molecule has 3 aromatic rings. The zero-order chi connectivity index (χ0) is 19.4. The number of aromatic nitrogens is 1. The molecule has 4 nitrogen and oxygen atoms in total. The second-order valence-corrected chi connectivity index (χ2v) is 7.46. The molecule has 0 N–H and O–H groups in total. The Kier molecular flexibility index (Phi) is 6.42. The van der Waals surface area contributed by atoms with Crippen LogP contribution in [0.4, 0.5) is 9.52 Å². The molecule has 0 bridgehead atoms. The maximum atomic E-state index is 14.2. The second-order valence-electron chi connectivity index (χ2n) is 6.05. The summed E-state index contributed by atoms with van der Waals surface area (Å²) in [6, 6.07) is 11.6. The fraction of sp³-hybridized carbons (Fsp3) is 0.300. The van der Waals surface area contributed by atoms with Gasteiger partial charge in [-0.15, -0.1) is 0 Å². The number of thiazole rings is 1. The molecule has 0 aliphatic heterocycles. The molecule has 0 saturated heterocycles. The van der Waals surface area contributed by atoms with E-state index in [2.05, 4.69) is 23.7 Å². The smallest absolute Gasteiger partial charge is 0.263 e. The Labute approximate surface area is 167 Å². The summed E-state index contributed by atoms with van der Waals surface area (Å²) >= 11 is 7.63. The zero-order valence-electron chi connectivity index (χ0n) is 15.3. The number of anilines is 1. The molecule has 0 unspecified atom stereocenters. The Balaban J connectivity index is 1.99. The van der Waals surface area contributed by atoms with Gasteiger partial charge in [0.1, 0.15) is 11.3 Å². The highest BCUT2D eigenvalue weighted by molar-refractivity contribution is 7.22. The molecule has 1 aromatic heterocycles. The van der Waals surface area contributed by atoms with Gasteiger partial charge >= 0.3 is 0 Å². The average molecular weight is 406 g/mol. The predicted molar refractivity (Wildman–Crippen MR) is 110 cm³/mol. The summed E-state index contributed by atoms with van der Waals surface area (Å²) in [6.07, 6.45) is 0. The Morgan fingerprint density at radius 3 is 2.52 bits per heavy atom. The fourth-order valence-corrected chi connectivity index (χ4v) is 4.15. The minimum atomic E-state index is -0.533. The molecule has 0 spiro atoms. The average Bonchev–Trinajstić information content (AvgIpc) is 3.10. The maximum Gasteiger partial charge on any atom is 0.263 e. The minimum Gasteiger partial charge on any atom is -0.302 e. The number of carbonyl (C=O) groups is 1. The summed E-state index contributed by atoms with van der Waals surface area (Å²) in [5.74, 6) is -0.926. The first-order valence-electron chi connectivity index (χ1n) is 8.89. The molecule has 2 aromatic carbocycles. The van der Waals surface area contributed by atoms with Gasteiger partial charge in [-0.05, 0) is 37.4 Å². The standard InChI is InChI=1S/C20H21ClFN3OS/c1-3-24(4-2)12-13-25(19(26)14-8-5-6-10-16(14)22)20-23-18-15(21)9-7-11-17(18)27-20/h5-11H,3-4,12-13H2,1-2H3. The van der Waals surface area contributed by atoms with E-state index in [1.165, 1.54) is 23.5 Å². The number of hydrogen-bond acceptors (Lipinski definition) is 4. The number of para-hydroxylation sites is 1. The number of hydrogen-bond donors (Lipinski definition) is 0. The Hall–Kier alpha value is -2.02. The van der Waals surface area contributed by atoms with Crippen molar-refractivity contribution in [3.05, 3.63) is 58.9 Å². The molecule has 3 rings (SSSR count). The third-order valence-electron chi connectivity index (χ3n) is 4.47. The van der Waals surface area contributed by atoms with E-state index < -0.39 is 11.7 Å². The number of nitrogens with zero attached hydrogens (tertiary/aromatic N) is 3. The first kappa shape index (κ1) is 19.7. The van der Waals surface area contributed by atoms with Crippen molar-refractivity contribution in [2.45, 2.75) is 13.8 Å². The topological polar surface area (TPSA) is 36.4 Å². The number of likely N-dealkylation sites (N-methyl/N-ethyl adjacent to an activating group) is 1. The molecular formula is C20H21ClFN3OS. The van der Waals surface area contributed by atoms with E-state index in [1.807, 2.05) is 12.1 Å². The highest BCUT2D eigenvalue weighted by atomic mass is 35.5. The molecule has 0 saturated carbocycles. The van der Waals surface area contributed by atoms with Crippen molar-refractivity contribution in [3.63, 3.8) is 0 Å². The molecule has 0 radical (unpaired) electrons. The van der Waals surface area contributed by atoms with E-state index in [4.69, 9.17) is 11.6 Å². The molecule has 142 valence electrons.